The zero-order chi connectivity index (χ0) is 15.1. The molecule has 0 saturated heterocycles. The van der Waals surface area contributed by atoms with Crippen LogP contribution in [-0.4, -0.2) is 24.6 Å². The second-order valence-electron chi connectivity index (χ2n) is 5.04. The van der Waals surface area contributed by atoms with Gasteiger partial charge in [-0.15, -0.1) is 12.4 Å². The lowest BCUT2D eigenvalue weighted by Crippen LogP contribution is -2.47. The van der Waals surface area contributed by atoms with Crippen LogP contribution in [0.5, 0.6) is 5.75 Å². The molecule has 1 amide bonds. The Kier molecular flexibility index (Phi) is 8.97. The third-order valence-electron chi connectivity index (χ3n) is 3.26. The fourth-order valence-electron chi connectivity index (χ4n) is 1.69. The van der Waals surface area contributed by atoms with Crippen molar-refractivity contribution in [2.75, 3.05) is 6.54 Å². The van der Waals surface area contributed by atoms with Gasteiger partial charge in [-0.1, -0.05) is 26.3 Å². The third kappa shape index (κ3) is 6.78. The first-order valence-corrected chi connectivity index (χ1v) is 6.89. The van der Waals surface area contributed by atoms with E-state index in [9.17, 15) is 9.18 Å². The lowest BCUT2D eigenvalue weighted by molar-refractivity contribution is -0.123. The SMILES string of the molecule is CCC(C)C(N)C(=O)NCC(C)Oc1cccc(F)c1.Cl. The predicted molar refractivity (Wildman–Crippen MR) is 84.2 cm³/mol. The molecule has 1 rings (SSSR count). The highest BCUT2D eigenvalue weighted by Gasteiger charge is 2.19. The highest BCUT2D eigenvalue weighted by Crippen LogP contribution is 2.13. The van der Waals surface area contributed by atoms with Crippen molar-refractivity contribution < 1.29 is 13.9 Å². The van der Waals surface area contributed by atoms with Gasteiger partial charge in [0.25, 0.3) is 0 Å². The van der Waals surface area contributed by atoms with Crippen LogP contribution in [0.4, 0.5) is 4.39 Å². The summed E-state index contributed by atoms with van der Waals surface area (Å²) < 4.78 is 18.5. The summed E-state index contributed by atoms with van der Waals surface area (Å²) >= 11 is 0. The molecule has 3 unspecified atom stereocenters. The van der Waals surface area contributed by atoms with E-state index in [1.165, 1.54) is 12.1 Å². The largest absolute Gasteiger partial charge is 0.489 e. The van der Waals surface area contributed by atoms with E-state index in [-0.39, 0.29) is 36.2 Å². The van der Waals surface area contributed by atoms with Gasteiger partial charge in [0, 0.05) is 6.07 Å². The number of carbonyl (C=O) groups is 1. The van der Waals surface area contributed by atoms with E-state index in [2.05, 4.69) is 5.32 Å². The molecule has 3 N–H and O–H groups in total. The second-order valence-corrected chi connectivity index (χ2v) is 5.04. The standard InChI is InChI=1S/C15H23FN2O2.ClH/c1-4-10(2)14(17)15(19)18-9-11(3)20-13-7-5-6-12(16)8-13;/h5-8,10-11,14H,4,9,17H2,1-3H3,(H,18,19);1H. The molecule has 1 aromatic carbocycles. The Labute approximate surface area is 131 Å². The number of carbonyl (C=O) groups excluding carboxylic acids is 1. The highest BCUT2D eigenvalue weighted by molar-refractivity contribution is 5.85. The molecule has 0 fully saturated rings. The number of hydrogen-bond acceptors (Lipinski definition) is 3. The van der Waals surface area contributed by atoms with E-state index in [4.69, 9.17) is 10.5 Å². The number of hydrogen-bond donors (Lipinski definition) is 2. The summed E-state index contributed by atoms with van der Waals surface area (Å²) in [5, 5.41) is 2.75. The summed E-state index contributed by atoms with van der Waals surface area (Å²) in [6.45, 7) is 6.07. The first-order chi connectivity index (χ1) is 9.43. The van der Waals surface area contributed by atoms with E-state index in [0.717, 1.165) is 6.42 Å². The van der Waals surface area contributed by atoms with E-state index in [0.29, 0.717) is 12.3 Å². The monoisotopic (exact) mass is 318 g/mol. The van der Waals surface area contributed by atoms with Gasteiger partial charge in [-0.25, -0.2) is 4.39 Å². The lowest BCUT2D eigenvalue weighted by Gasteiger charge is -2.20. The molecule has 120 valence electrons. The van der Waals surface area contributed by atoms with E-state index in [1.807, 2.05) is 13.8 Å². The molecule has 0 aromatic heterocycles. The molecular weight excluding hydrogens is 295 g/mol. The van der Waals surface area contributed by atoms with Crippen LogP contribution in [0.2, 0.25) is 0 Å². The Morgan fingerprint density at radius 1 is 1.43 bits per heavy atom. The maximum Gasteiger partial charge on any atom is 0.237 e. The minimum atomic E-state index is -0.513. The van der Waals surface area contributed by atoms with Crippen molar-refractivity contribution in [3.05, 3.63) is 30.1 Å². The molecular formula is C15H24ClFN2O2. The second kappa shape index (κ2) is 9.58. The maximum absolute atomic E-state index is 13.0. The van der Waals surface area contributed by atoms with Crippen LogP contribution in [0.3, 0.4) is 0 Å². The minimum absolute atomic E-state index is 0. The smallest absolute Gasteiger partial charge is 0.237 e. The van der Waals surface area contributed by atoms with Gasteiger partial charge in [-0.05, 0) is 25.0 Å². The highest BCUT2D eigenvalue weighted by atomic mass is 35.5. The van der Waals surface area contributed by atoms with E-state index < -0.39 is 6.04 Å². The van der Waals surface area contributed by atoms with E-state index >= 15 is 0 Å². The Bertz CT molecular complexity index is 445. The molecule has 6 heteroatoms. The topological polar surface area (TPSA) is 64.4 Å². The normalized spacial score (nSPS) is 14.5. The number of halogens is 2. The van der Waals surface area contributed by atoms with Crippen molar-refractivity contribution in [3.63, 3.8) is 0 Å². The Morgan fingerprint density at radius 3 is 2.67 bits per heavy atom. The van der Waals surface area contributed by atoms with Gasteiger partial charge in [-0.3, -0.25) is 4.79 Å². The number of ether oxygens (including phenoxy) is 1. The molecule has 4 nitrogen and oxygen atoms in total. The van der Waals surface area contributed by atoms with Gasteiger partial charge in [0.05, 0.1) is 12.6 Å². The van der Waals surface area contributed by atoms with Crippen LogP contribution in [0, 0.1) is 11.7 Å². The van der Waals surface area contributed by atoms with Crippen molar-refractivity contribution in [2.45, 2.75) is 39.3 Å². The number of nitrogens with one attached hydrogen (secondary N) is 1. The molecule has 0 bridgehead atoms. The Hall–Kier alpha value is -1.33. The molecule has 0 heterocycles. The van der Waals surface area contributed by atoms with Crippen LogP contribution < -0.4 is 15.8 Å². The summed E-state index contributed by atoms with van der Waals surface area (Å²) in [5.74, 6) is 0.0407. The van der Waals surface area contributed by atoms with Crippen LogP contribution >= 0.6 is 12.4 Å². The average Bonchev–Trinajstić information content (AvgIpc) is 2.43. The molecule has 0 aliphatic heterocycles. The van der Waals surface area contributed by atoms with Gasteiger partial charge in [0.15, 0.2) is 0 Å². The lowest BCUT2D eigenvalue weighted by atomic mass is 9.99. The van der Waals surface area contributed by atoms with Crippen molar-refractivity contribution >= 4 is 18.3 Å². The van der Waals surface area contributed by atoms with Crippen LogP contribution in [0.15, 0.2) is 24.3 Å². The van der Waals surface area contributed by atoms with Gasteiger partial charge in [-0.2, -0.15) is 0 Å². The van der Waals surface area contributed by atoms with Crippen molar-refractivity contribution in [1.82, 2.24) is 5.32 Å². The summed E-state index contributed by atoms with van der Waals surface area (Å²) in [6, 6.07) is 5.40. The first kappa shape index (κ1) is 19.7. The molecule has 1 aromatic rings. The zero-order valence-electron chi connectivity index (χ0n) is 12.6. The third-order valence-corrected chi connectivity index (χ3v) is 3.26. The van der Waals surface area contributed by atoms with Crippen molar-refractivity contribution in [2.24, 2.45) is 11.7 Å². The molecule has 0 aliphatic rings. The predicted octanol–water partition coefficient (Wildman–Crippen LogP) is 2.50. The maximum atomic E-state index is 13.0. The van der Waals surface area contributed by atoms with Gasteiger partial charge >= 0.3 is 0 Å². The Morgan fingerprint density at radius 2 is 2.10 bits per heavy atom. The van der Waals surface area contributed by atoms with Crippen molar-refractivity contribution in [1.29, 1.82) is 0 Å². The fraction of sp³-hybridized carbons (Fsp3) is 0.533. The number of benzene rings is 1. The summed E-state index contributed by atoms with van der Waals surface area (Å²) in [4.78, 5) is 11.8. The average molecular weight is 319 g/mol. The molecule has 21 heavy (non-hydrogen) atoms. The molecule has 0 aliphatic carbocycles. The van der Waals surface area contributed by atoms with Gasteiger partial charge in [0.1, 0.15) is 17.7 Å². The molecule has 0 saturated carbocycles. The van der Waals surface area contributed by atoms with Crippen LogP contribution in [0.1, 0.15) is 27.2 Å². The molecule has 3 atom stereocenters. The summed E-state index contributed by atoms with van der Waals surface area (Å²) in [7, 11) is 0. The first-order valence-electron chi connectivity index (χ1n) is 6.89. The van der Waals surface area contributed by atoms with Crippen LogP contribution in [-0.2, 0) is 4.79 Å². The number of rotatable bonds is 7. The van der Waals surface area contributed by atoms with Crippen molar-refractivity contribution in [3.8, 4) is 5.75 Å². The Balaban J connectivity index is 0.00000400. The van der Waals surface area contributed by atoms with Gasteiger partial charge < -0.3 is 15.8 Å². The number of amides is 1. The molecule has 0 spiro atoms. The molecule has 0 radical (unpaired) electrons. The van der Waals surface area contributed by atoms with Crippen LogP contribution in [0.25, 0.3) is 0 Å². The summed E-state index contributed by atoms with van der Waals surface area (Å²) in [6.07, 6.45) is 0.592. The minimum Gasteiger partial charge on any atom is -0.489 e. The number of nitrogens with two attached hydrogens (primary N) is 1. The van der Waals surface area contributed by atoms with E-state index in [1.54, 1.807) is 19.1 Å². The quantitative estimate of drug-likeness (QED) is 0.812. The summed E-state index contributed by atoms with van der Waals surface area (Å²) in [5.41, 5.74) is 5.83. The van der Waals surface area contributed by atoms with Gasteiger partial charge in [0.2, 0.25) is 5.91 Å². The fourth-order valence-corrected chi connectivity index (χ4v) is 1.69. The zero-order valence-corrected chi connectivity index (χ0v) is 13.5.